The summed E-state index contributed by atoms with van der Waals surface area (Å²) in [5.41, 5.74) is 3.60. The van der Waals surface area contributed by atoms with Gasteiger partial charge in [0.15, 0.2) is 0 Å². The van der Waals surface area contributed by atoms with E-state index in [1.165, 1.54) is 4.88 Å². The molecule has 1 aromatic heterocycles. The van der Waals surface area contributed by atoms with E-state index in [-0.39, 0.29) is 12.5 Å². The number of ether oxygens (including phenoxy) is 1. The van der Waals surface area contributed by atoms with Crippen LogP contribution in [0.1, 0.15) is 16.1 Å². The highest BCUT2D eigenvalue weighted by Gasteiger charge is 2.33. The maximum atomic E-state index is 10.7. The Labute approximate surface area is 144 Å². The third-order valence-corrected chi connectivity index (χ3v) is 5.01. The van der Waals surface area contributed by atoms with Crippen molar-refractivity contribution in [3.63, 3.8) is 0 Å². The lowest BCUT2D eigenvalue weighted by molar-refractivity contribution is -0.136. The van der Waals surface area contributed by atoms with Crippen molar-refractivity contribution in [1.82, 2.24) is 9.88 Å². The van der Waals surface area contributed by atoms with Gasteiger partial charge in [-0.2, -0.15) is 0 Å². The zero-order valence-corrected chi connectivity index (χ0v) is 14.2. The van der Waals surface area contributed by atoms with Crippen LogP contribution in [0.4, 0.5) is 0 Å². The molecule has 2 N–H and O–H groups in total. The van der Waals surface area contributed by atoms with E-state index >= 15 is 0 Å². The lowest BCUT2D eigenvalue weighted by Crippen LogP contribution is -2.29. The fraction of sp³-hybridized carbons (Fsp3) is 0.412. The van der Waals surface area contributed by atoms with E-state index < -0.39 is 12.1 Å². The van der Waals surface area contributed by atoms with Crippen LogP contribution in [0.3, 0.4) is 0 Å². The van der Waals surface area contributed by atoms with Crippen LogP contribution in [0.25, 0.3) is 0 Å². The summed E-state index contributed by atoms with van der Waals surface area (Å²) in [5, 5.41) is 19.0. The van der Waals surface area contributed by atoms with E-state index in [4.69, 9.17) is 9.84 Å². The van der Waals surface area contributed by atoms with Crippen LogP contribution in [0.5, 0.6) is 5.75 Å². The van der Waals surface area contributed by atoms with Crippen LogP contribution in [0.15, 0.2) is 29.8 Å². The molecule has 0 unspecified atom stereocenters. The lowest BCUT2D eigenvalue weighted by atomic mass is 10.1. The molecule has 0 radical (unpaired) electrons. The number of aryl methyl sites for hydroxylation is 1. The Hall–Kier alpha value is -1.96. The Bertz CT molecular complexity index is 701. The highest BCUT2D eigenvalue weighted by atomic mass is 32.1. The van der Waals surface area contributed by atoms with Gasteiger partial charge in [0.1, 0.15) is 18.0 Å². The number of hydrogen-bond donors (Lipinski definition) is 2. The number of likely N-dealkylation sites (tertiary alicyclic amines) is 1. The summed E-state index contributed by atoms with van der Waals surface area (Å²) in [5.74, 6) is -0.215. The molecule has 24 heavy (non-hydrogen) atoms. The smallest absolute Gasteiger partial charge is 0.307 e. The Morgan fingerprint density at radius 1 is 1.38 bits per heavy atom. The molecule has 1 aliphatic rings. The van der Waals surface area contributed by atoms with Crippen molar-refractivity contribution in [1.29, 1.82) is 0 Å². The molecule has 0 amide bonds. The largest absolute Gasteiger partial charge is 0.486 e. The normalized spacial score (nSPS) is 21.1. The van der Waals surface area contributed by atoms with Crippen LogP contribution in [-0.4, -0.2) is 51.4 Å². The van der Waals surface area contributed by atoms with Crippen molar-refractivity contribution in [2.45, 2.75) is 32.1 Å². The number of aliphatic hydroxyl groups is 1. The van der Waals surface area contributed by atoms with Gasteiger partial charge in [-0.05, 0) is 24.6 Å². The van der Waals surface area contributed by atoms with Gasteiger partial charge in [0.2, 0.25) is 0 Å². The molecule has 6 nitrogen and oxygen atoms in total. The van der Waals surface area contributed by atoms with E-state index in [0.717, 1.165) is 17.8 Å². The molecule has 0 spiro atoms. The SMILES string of the molecule is Cc1ncsc1CN1C[C@@H](O)[C@H](Oc2ccc(CC(=O)O)cc2)C1. The fourth-order valence-electron chi connectivity index (χ4n) is 2.79. The predicted molar refractivity (Wildman–Crippen MR) is 90.3 cm³/mol. The van der Waals surface area contributed by atoms with Gasteiger partial charge in [0, 0.05) is 24.5 Å². The summed E-state index contributed by atoms with van der Waals surface area (Å²) in [6.45, 7) is 3.98. The number of rotatable bonds is 6. The average molecular weight is 348 g/mol. The fourth-order valence-corrected chi connectivity index (χ4v) is 3.61. The molecule has 1 aromatic carbocycles. The van der Waals surface area contributed by atoms with Gasteiger partial charge in [0.25, 0.3) is 0 Å². The number of aliphatic hydroxyl groups excluding tert-OH is 1. The Morgan fingerprint density at radius 2 is 2.12 bits per heavy atom. The van der Waals surface area contributed by atoms with Crippen LogP contribution in [0.2, 0.25) is 0 Å². The number of carbonyl (C=O) groups is 1. The summed E-state index contributed by atoms with van der Waals surface area (Å²) < 4.78 is 5.88. The van der Waals surface area contributed by atoms with Gasteiger partial charge in [-0.25, -0.2) is 4.98 Å². The molecule has 2 heterocycles. The molecule has 3 rings (SSSR count). The first-order valence-corrected chi connectivity index (χ1v) is 8.66. The van der Waals surface area contributed by atoms with Crippen molar-refractivity contribution in [2.24, 2.45) is 0 Å². The molecule has 2 aromatic rings. The molecule has 0 bridgehead atoms. The monoisotopic (exact) mass is 348 g/mol. The molecular formula is C17H20N2O4S. The summed E-state index contributed by atoms with van der Waals surface area (Å²) in [6.07, 6.45) is -0.839. The van der Waals surface area contributed by atoms with Crippen LogP contribution < -0.4 is 4.74 Å². The van der Waals surface area contributed by atoms with Crippen molar-refractivity contribution in [3.8, 4) is 5.75 Å². The summed E-state index contributed by atoms with van der Waals surface area (Å²) in [6, 6.07) is 6.98. The summed E-state index contributed by atoms with van der Waals surface area (Å²) in [7, 11) is 0. The number of aromatic nitrogens is 1. The van der Waals surface area contributed by atoms with E-state index in [1.54, 1.807) is 35.6 Å². The summed E-state index contributed by atoms with van der Waals surface area (Å²) >= 11 is 1.63. The molecule has 2 atom stereocenters. The molecule has 128 valence electrons. The van der Waals surface area contributed by atoms with E-state index in [0.29, 0.717) is 18.8 Å². The molecule has 7 heteroatoms. The minimum Gasteiger partial charge on any atom is -0.486 e. The van der Waals surface area contributed by atoms with Gasteiger partial charge in [-0.15, -0.1) is 11.3 Å². The number of carboxylic acids is 1. The molecule has 1 fully saturated rings. The Morgan fingerprint density at radius 3 is 2.75 bits per heavy atom. The average Bonchev–Trinajstić information content (AvgIpc) is 3.08. The third kappa shape index (κ3) is 4.11. The van der Waals surface area contributed by atoms with Crippen LogP contribution in [0, 0.1) is 6.92 Å². The zero-order valence-electron chi connectivity index (χ0n) is 13.4. The first-order valence-electron chi connectivity index (χ1n) is 7.78. The molecule has 1 saturated heterocycles. The van der Waals surface area contributed by atoms with Gasteiger partial charge >= 0.3 is 5.97 Å². The second-order valence-electron chi connectivity index (χ2n) is 5.99. The first-order chi connectivity index (χ1) is 11.5. The molecule has 0 saturated carbocycles. The number of hydrogen-bond acceptors (Lipinski definition) is 6. The minimum atomic E-state index is -0.858. The molecule has 1 aliphatic heterocycles. The maximum absolute atomic E-state index is 10.7. The van der Waals surface area contributed by atoms with Gasteiger partial charge < -0.3 is 14.9 Å². The highest BCUT2D eigenvalue weighted by Crippen LogP contribution is 2.23. The lowest BCUT2D eigenvalue weighted by Gasteiger charge is -2.17. The molecule has 0 aliphatic carbocycles. The molecular weight excluding hydrogens is 328 g/mol. The van der Waals surface area contributed by atoms with Crippen LogP contribution in [-0.2, 0) is 17.8 Å². The number of nitrogens with zero attached hydrogens (tertiary/aromatic N) is 2. The van der Waals surface area contributed by atoms with Crippen molar-refractivity contribution < 1.29 is 19.7 Å². The second kappa shape index (κ2) is 7.29. The van der Waals surface area contributed by atoms with Crippen molar-refractivity contribution >= 4 is 17.3 Å². The van der Waals surface area contributed by atoms with Gasteiger partial charge in [-0.1, -0.05) is 12.1 Å². The number of carboxylic acid groups (broad SMARTS) is 1. The van der Waals surface area contributed by atoms with E-state index in [1.807, 2.05) is 12.4 Å². The van der Waals surface area contributed by atoms with Crippen molar-refractivity contribution in [2.75, 3.05) is 13.1 Å². The maximum Gasteiger partial charge on any atom is 0.307 e. The minimum absolute atomic E-state index is 0.00564. The van der Waals surface area contributed by atoms with Gasteiger partial charge in [-0.3, -0.25) is 9.69 Å². The number of thiazole rings is 1. The topological polar surface area (TPSA) is 82.9 Å². The van der Waals surface area contributed by atoms with Crippen LogP contribution >= 0.6 is 11.3 Å². The van der Waals surface area contributed by atoms with E-state index in [9.17, 15) is 9.90 Å². The third-order valence-electron chi connectivity index (χ3n) is 4.09. The standard InChI is InChI=1S/C17H20N2O4S/c1-11-16(24-10-18-11)9-19-7-14(20)15(8-19)23-13-4-2-12(3-5-13)6-17(21)22/h2-5,10,14-15,20H,6-9H2,1H3,(H,21,22)/t14-,15-/m1/s1. The predicted octanol–water partition coefficient (Wildman–Crippen LogP) is 1.70. The second-order valence-corrected chi connectivity index (χ2v) is 6.93. The van der Waals surface area contributed by atoms with Crippen molar-refractivity contribution in [3.05, 3.63) is 45.9 Å². The number of aliphatic carboxylic acids is 1. The highest BCUT2D eigenvalue weighted by molar-refractivity contribution is 7.09. The number of benzene rings is 1. The zero-order chi connectivity index (χ0) is 17.1. The Balaban J connectivity index is 1.57. The summed E-state index contributed by atoms with van der Waals surface area (Å²) in [4.78, 5) is 18.3. The van der Waals surface area contributed by atoms with Gasteiger partial charge in [0.05, 0.1) is 17.6 Å². The first kappa shape index (κ1) is 16.9. The Kier molecular flexibility index (Phi) is 5.13. The van der Waals surface area contributed by atoms with E-state index in [2.05, 4.69) is 9.88 Å². The number of β-amino-alcohol motifs (C(OH)–C–C–N with tert-alkyl or cyclic N) is 1. The quantitative estimate of drug-likeness (QED) is 0.827.